The number of hydrogen-bond donors (Lipinski definition) is 1. The SMILES string of the molecule is C#CC(C)NCc1cc(Cl)ccc1F. The molecule has 0 saturated heterocycles. The van der Waals surface area contributed by atoms with Gasteiger partial charge in [-0.05, 0) is 25.1 Å². The van der Waals surface area contributed by atoms with Gasteiger partial charge in [-0.1, -0.05) is 17.5 Å². The molecule has 0 bridgehead atoms. The normalized spacial score (nSPS) is 12.1. The molecule has 0 aliphatic heterocycles. The molecular weight excluding hydrogens is 201 g/mol. The second kappa shape index (κ2) is 4.99. The lowest BCUT2D eigenvalue weighted by molar-refractivity contribution is 0.578. The minimum atomic E-state index is -0.272. The van der Waals surface area contributed by atoms with Gasteiger partial charge in [-0.15, -0.1) is 6.42 Å². The highest BCUT2D eigenvalue weighted by molar-refractivity contribution is 6.30. The molecule has 3 heteroatoms. The second-order valence-corrected chi connectivity index (χ2v) is 3.44. The van der Waals surface area contributed by atoms with Gasteiger partial charge in [0, 0.05) is 17.1 Å². The first-order valence-corrected chi connectivity index (χ1v) is 4.64. The Hall–Kier alpha value is -1.04. The predicted octanol–water partition coefficient (Wildman–Crippen LogP) is 2.59. The van der Waals surface area contributed by atoms with Crippen LogP contribution in [0.4, 0.5) is 4.39 Å². The van der Waals surface area contributed by atoms with Gasteiger partial charge in [0.1, 0.15) is 5.82 Å². The Morgan fingerprint density at radius 2 is 2.36 bits per heavy atom. The summed E-state index contributed by atoms with van der Waals surface area (Å²) in [6.07, 6.45) is 5.17. The van der Waals surface area contributed by atoms with Gasteiger partial charge in [-0.3, -0.25) is 5.32 Å². The third kappa shape index (κ3) is 3.02. The Bertz CT molecular complexity index is 357. The zero-order chi connectivity index (χ0) is 10.6. The molecule has 1 unspecified atom stereocenters. The van der Waals surface area contributed by atoms with Crippen LogP contribution in [0.2, 0.25) is 5.02 Å². The number of hydrogen-bond acceptors (Lipinski definition) is 1. The summed E-state index contributed by atoms with van der Waals surface area (Å²) in [6.45, 7) is 2.22. The molecule has 0 radical (unpaired) electrons. The smallest absolute Gasteiger partial charge is 0.127 e. The minimum Gasteiger partial charge on any atom is -0.300 e. The van der Waals surface area contributed by atoms with E-state index < -0.39 is 0 Å². The summed E-state index contributed by atoms with van der Waals surface area (Å²) < 4.78 is 13.2. The zero-order valence-corrected chi connectivity index (χ0v) is 8.61. The van der Waals surface area contributed by atoms with Gasteiger partial charge in [-0.2, -0.15) is 0 Å². The summed E-state index contributed by atoms with van der Waals surface area (Å²) >= 11 is 5.73. The maximum Gasteiger partial charge on any atom is 0.127 e. The largest absolute Gasteiger partial charge is 0.300 e. The quantitative estimate of drug-likeness (QED) is 0.758. The number of terminal acetylenes is 1. The molecule has 0 amide bonds. The van der Waals surface area contributed by atoms with Crippen molar-refractivity contribution in [1.82, 2.24) is 5.32 Å². The maximum absolute atomic E-state index is 13.2. The lowest BCUT2D eigenvalue weighted by Crippen LogP contribution is -2.24. The maximum atomic E-state index is 13.2. The van der Waals surface area contributed by atoms with E-state index in [9.17, 15) is 4.39 Å². The van der Waals surface area contributed by atoms with E-state index >= 15 is 0 Å². The molecule has 1 aromatic carbocycles. The van der Waals surface area contributed by atoms with Gasteiger partial charge in [0.15, 0.2) is 0 Å². The Morgan fingerprint density at radius 3 is 3.00 bits per heavy atom. The molecule has 0 aliphatic carbocycles. The van der Waals surface area contributed by atoms with Crippen LogP contribution in [0.1, 0.15) is 12.5 Å². The lowest BCUT2D eigenvalue weighted by atomic mass is 10.2. The fraction of sp³-hybridized carbons (Fsp3) is 0.273. The molecule has 1 atom stereocenters. The molecular formula is C11H11ClFN. The van der Waals surface area contributed by atoms with E-state index in [1.54, 1.807) is 6.07 Å². The van der Waals surface area contributed by atoms with Gasteiger partial charge >= 0.3 is 0 Å². The van der Waals surface area contributed by atoms with E-state index in [0.717, 1.165) is 0 Å². The van der Waals surface area contributed by atoms with Crippen LogP contribution in [0, 0.1) is 18.2 Å². The van der Waals surface area contributed by atoms with Crippen LogP contribution in [0.25, 0.3) is 0 Å². The first-order chi connectivity index (χ1) is 6.63. The molecule has 0 fully saturated rings. The Kier molecular flexibility index (Phi) is 3.94. The summed E-state index contributed by atoms with van der Waals surface area (Å²) in [5, 5.41) is 3.51. The van der Waals surface area contributed by atoms with Crippen LogP contribution in [-0.2, 0) is 6.54 Å². The number of rotatable bonds is 3. The molecule has 1 nitrogen and oxygen atoms in total. The second-order valence-electron chi connectivity index (χ2n) is 3.00. The first kappa shape index (κ1) is 11.0. The summed E-state index contributed by atoms with van der Waals surface area (Å²) in [6, 6.07) is 4.38. The van der Waals surface area contributed by atoms with Crippen molar-refractivity contribution in [2.24, 2.45) is 0 Å². The molecule has 0 aromatic heterocycles. The van der Waals surface area contributed by atoms with Crippen molar-refractivity contribution in [3.05, 3.63) is 34.6 Å². The highest BCUT2D eigenvalue weighted by Crippen LogP contribution is 2.14. The number of halogens is 2. The third-order valence-corrected chi connectivity index (χ3v) is 2.09. The van der Waals surface area contributed by atoms with Crippen molar-refractivity contribution in [3.8, 4) is 12.3 Å². The first-order valence-electron chi connectivity index (χ1n) is 4.27. The van der Waals surface area contributed by atoms with E-state index in [2.05, 4.69) is 11.2 Å². The van der Waals surface area contributed by atoms with Crippen LogP contribution < -0.4 is 5.32 Å². The molecule has 0 heterocycles. The average Bonchev–Trinajstić information content (AvgIpc) is 2.19. The summed E-state index contributed by atoms with van der Waals surface area (Å²) in [7, 11) is 0. The topological polar surface area (TPSA) is 12.0 Å². The van der Waals surface area contributed by atoms with Crippen molar-refractivity contribution < 1.29 is 4.39 Å². The van der Waals surface area contributed by atoms with Crippen LogP contribution in [-0.4, -0.2) is 6.04 Å². The highest BCUT2D eigenvalue weighted by Gasteiger charge is 2.03. The summed E-state index contributed by atoms with van der Waals surface area (Å²) in [5.74, 6) is 2.23. The van der Waals surface area contributed by atoms with Crippen molar-refractivity contribution >= 4 is 11.6 Å². The van der Waals surface area contributed by atoms with E-state index in [-0.39, 0.29) is 11.9 Å². The van der Waals surface area contributed by atoms with E-state index in [1.807, 2.05) is 6.92 Å². The fourth-order valence-corrected chi connectivity index (χ4v) is 1.20. The van der Waals surface area contributed by atoms with Crippen molar-refractivity contribution in [2.45, 2.75) is 19.5 Å². The third-order valence-electron chi connectivity index (χ3n) is 1.86. The van der Waals surface area contributed by atoms with Crippen molar-refractivity contribution in [3.63, 3.8) is 0 Å². The van der Waals surface area contributed by atoms with Gasteiger partial charge < -0.3 is 0 Å². The highest BCUT2D eigenvalue weighted by atomic mass is 35.5. The van der Waals surface area contributed by atoms with Crippen molar-refractivity contribution in [2.75, 3.05) is 0 Å². The number of nitrogens with one attached hydrogen (secondary N) is 1. The zero-order valence-electron chi connectivity index (χ0n) is 7.85. The molecule has 74 valence electrons. The lowest BCUT2D eigenvalue weighted by Gasteiger charge is -2.08. The van der Waals surface area contributed by atoms with Gasteiger partial charge in [0.25, 0.3) is 0 Å². The minimum absolute atomic E-state index is 0.0756. The van der Waals surface area contributed by atoms with Gasteiger partial charge in [0.2, 0.25) is 0 Å². The van der Waals surface area contributed by atoms with Gasteiger partial charge in [-0.25, -0.2) is 4.39 Å². The van der Waals surface area contributed by atoms with E-state index in [1.165, 1.54) is 12.1 Å². The Morgan fingerprint density at radius 1 is 1.64 bits per heavy atom. The molecule has 1 N–H and O–H groups in total. The Labute approximate surface area is 88.3 Å². The molecule has 0 spiro atoms. The standard InChI is InChI=1S/C11H11ClFN/c1-3-8(2)14-7-9-6-10(12)4-5-11(9)13/h1,4-6,8,14H,7H2,2H3. The fourth-order valence-electron chi connectivity index (χ4n) is 1.00. The monoisotopic (exact) mass is 211 g/mol. The van der Waals surface area contributed by atoms with Crippen LogP contribution >= 0.6 is 11.6 Å². The van der Waals surface area contributed by atoms with Gasteiger partial charge in [0.05, 0.1) is 6.04 Å². The molecule has 1 aromatic rings. The summed E-state index contributed by atoms with van der Waals surface area (Å²) in [5.41, 5.74) is 0.527. The number of benzene rings is 1. The molecule has 0 aliphatic rings. The van der Waals surface area contributed by atoms with E-state index in [0.29, 0.717) is 17.1 Å². The molecule has 14 heavy (non-hydrogen) atoms. The average molecular weight is 212 g/mol. The summed E-state index contributed by atoms with van der Waals surface area (Å²) in [4.78, 5) is 0. The van der Waals surface area contributed by atoms with Crippen LogP contribution in [0.15, 0.2) is 18.2 Å². The predicted molar refractivity (Wildman–Crippen MR) is 56.5 cm³/mol. The van der Waals surface area contributed by atoms with Crippen molar-refractivity contribution in [1.29, 1.82) is 0 Å². The van der Waals surface area contributed by atoms with Crippen LogP contribution in [0.5, 0.6) is 0 Å². The van der Waals surface area contributed by atoms with E-state index in [4.69, 9.17) is 18.0 Å². The molecule has 1 rings (SSSR count). The Balaban J connectivity index is 2.67. The molecule has 0 saturated carbocycles. The van der Waals surface area contributed by atoms with Crippen LogP contribution in [0.3, 0.4) is 0 Å².